The number of carbonyl (C=O) groups is 1. The Kier molecular flexibility index (Phi) is 4.43. The molecule has 1 N–H and O–H groups in total. The van der Waals surface area contributed by atoms with E-state index in [4.69, 9.17) is 0 Å². The van der Waals surface area contributed by atoms with Crippen LogP contribution in [-0.2, 0) is 4.79 Å². The van der Waals surface area contributed by atoms with Crippen LogP contribution in [0.25, 0.3) is 10.9 Å². The van der Waals surface area contributed by atoms with Gasteiger partial charge in [0.15, 0.2) is 0 Å². The first-order chi connectivity index (χ1) is 13.2. The number of likely N-dealkylation sites (tertiary alicyclic amines) is 1. The predicted octanol–water partition coefficient (Wildman–Crippen LogP) is 3.13. The van der Waals surface area contributed by atoms with Gasteiger partial charge < -0.3 is 10.2 Å². The van der Waals surface area contributed by atoms with Crippen LogP contribution in [0.5, 0.6) is 0 Å². The Labute approximate surface area is 157 Å². The van der Waals surface area contributed by atoms with E-state index in [2.05, 4.69) is 21.4 Å². The van der Waals surface area contributed by atoms with E-state index >= 15 is 0 Å². The van der Waals surface area contributed by atoms with Crippen molar-refractivity contribution >= 4 is 22.6 Å². The van der Waals surface area contributed by atoms with Gasteiger partial charge in [0.2, 0.25) is 5.91 Å². The lowest BCUT2D eigenvalue weighted by Gasteiger charge is -2.25. The lowest BCUT2D eigenvalue weighted by Crippen LogP contribution is -2.26. The average molecular weight is 357 g/mol. The summed E-state index contributed by atoms with van der Waals surface area (Å²) in [7, 11) is 1.84. The van der Waals surface area contributed by atoms with Crippen LogP contribution >= 0.6 is 0 Å². The largest absolute Gasteiger partial charge is 0.370 e. The van der Waals surface area contributed by atoms with Gasteiger partial charge in [-0.2, -0.15) is 5.26 Å². The molecule has 0 saturated carbocycles. The summed E-state index contributed by atoms with van der Waals surface area (Å²) in [4.78, 5) is 22.8. The molecule has 3 heterocycles. The van der Waals surface area contributed by atoms with E-state index in [1.165, 1.54) is 0 Å². The fourth-order valence-electron chi connectivity index (χ4n) is 3.79. The molecule has 0 unspecified atom stereocenters. The van der Waals surface area contributed by atoms with Crippen molar-refractivity contribution in [1.29, 1.82) is 5.26 Å². The molecule has 4 rings (SSSR count). The first-order valence-corrected chi connectivity index (χ1v) is 8.86. The minimum Gasteiger partial charge on any atom is -0.370 e. The van der Waals surface area contributed by atoms with Crippen molar-refractivity contribution in [2.45, 2.75) is 12.5 Å². The van der Waals surface area contributed by atoms with E-state index in [-0.39, 0.29) is 17.9 Å². The second-order valence-electron chi connectivity index (χ2n) is 6.76. The van der Waals surface area contributed by atoms with Gasteiger partial charge in [-0.3, -0.25) is 9.78 Å². The van der Waals surface area contributed by atoms with Gasteiger partial charge in [-0.25, -0.2) is 4.98 Å². The van der Waals surface area contributed by atoms with E-state index < -0.39 is 0 Å². The summed E-state index contributed by atoms with van der Waals surface area (Å²) >= 11 is 0. The molecule has 6 nitrogen and oxygen atoms in total. The smallest absolute Gasteiger partial charge is 0.223 e. The van der Waals surface area contributed by atoms with Gasteiger partial charge in [-0.1, -0.05) is 18.2 Å². The highest BCUT2D eigenvalue weighted by Gasteiger charge is 2.38. The highest BCUT2D eigenvalue weighted by atomic mass is 16.2. The number of fused-ring (bicyclic) bond motifs is 1. The molecule has 1 fully saturated rings. The summed E-state index contributed by atoms with van der Waals surface area (Å²) < 4.78 is 0. The summed E-state index contributed by atoms with van der Waals surface area (Å²) in [6, 6.07) is 15.5. The van der Waals surface area contributed by atoms with Crippen LogP contribution in [0.15, 0.2) is 54.9 Å². The fourth-order valence-corrected chi connectivity index (χ4v) is 3.79. The quantitative estimate of drug-likeness (QED) is 0.776. The number of nitriles is 1. The van der Waals surface area contributed by atoms with E-state index in [1.54, 1.807) is 23.4 Å². The zero-order valence-corrected chi connectivity index (χ0v) is 15.0. The molecule has 2 aromatic heterocycles. The lowest BCUT2D eigenvalue weighted by atomic mass is 9.94. The molecule has 0 spiro atoms. The van der Waals surface area contributed by atoms with E-state index in [0.717, 1.165) is 16.5 Å². The zero-order chi connectivity index (χ0) is 18.8. The fraction of sp³-hybridized carbons (Fsp3) is 0.238. The number of hydrogen-bond donors (Lipinski definition) is 1. The molecule has 0 aliphatic carbocycles. The first kappa shape index (κ1) is 17.0. The van der Waals surface area contributed by atoms with Crippen LogP contribution < -0.4 is 5.32 Å². The molecular formula is C21H19N5O. The Balaban J connectivity index is 1.58. The van der Waals surface area contributed by atoms with Crippen molar-refractivity contribution in [3.05, 3.63) is 66.0 Å². The standard InChI is InChI=1S/C21H19N5O/c1-26-20(27)11-16(21(26)14-6-8-23-9-7-14)13-24-19-10-15(12-22)17-4-2-3-5-18(17)25-19/h2-10,16,21H,11,13H2,1H3,(H,24,25)/t16-,21-/m0/s1. The molecule has 1 saturated heterocycles. The van der Waals surface area contributed by atoms with Crippen molar-refractivity contribution in [3.63, 3.8) is 0 Å². The Morgan fingerprint density at radius 1 is 1.26 bits per heavy atom. The summed E-state index contributed by atoms with van der Waals surface area (Å²) in [6.45, 7) is 0.597. The molecule has 27 heavy (non-hydrogen) atoms. The third kappa shape index (κ3) is 3.20. The van der Waals surface area contributed by atoms with Crippen molar-refractivity contribution in [1.82, 2.24) is 14.9 Å². The third-order valence-corrected chi connectivity index (χ3v) is 5.12. The van der Waals surface area contributed by atoms with Gasteiger partial charge in [0.1, 0.15) is 5.82 Å². The lowest BCUT2D eigenvalue weighted by molar-refractivity contribution is -0.127. The van der Waals surface area contributed by atoms with Crippen LogP contribution in [0.2, 0.25) is 0 Å². The van der Waals surface area contributed by atoms with Gasteiger partial charge in [-0.15, -0.1) is 0 Å². The van der Waals surface area contributed by atoms with Gasteiger partial charge in [0.05, 0.1) is 23.2 Å². The minimum atomic E-state index is 0.00361. The number of rotatable bonds is 4. The molecule has 1 aliphatic heterocycles. The molecular weight excluding hydrogens is 338 g/mol. The number of amides is 1. The SMILES string of the molecule is CN1C(=O)C[C@@H](CNc2cc(C#N)c3ccccc3n2)[C@@H]1c1ccncc1. The summed E-state index contributed by atoms with van der Waals surface area (Å²) in [5.74, 6) is 0.900. The Morgan fingerprint density at radius 3 is 2.81 bits per heavy atom. The van der Waals surface area contributed by atoms with Crippen molar-refractivity contribution in [2.24, 2.45) is 5.92 Å². The Bertz CT molecular complexity index is 1030. The number of para-hydroxylation sites is 1. The number of aromatic nitrogens is 2. The van der Waals surface area contributed by atoms with Gasteiger partial charge in [0.25, 0.3) is 0 Å². The maximum Gasteiger partial charge on any atom is 0.223 e. The number of hydrogen-bond acceptors (Lipinski definition) is 5. The first-order valence-electron chi connectivity index (χ1n) is 8.86. The normalized spacial score (nSPS) is 19.3. The van der Waals surface area contributed by atoms with Crippen molar-refractivity contribution in [3.8, 4) is 6.07 Å². The highest BCUT2D eigenvalue weighted by Crippen LogP contribution is 2.36. The number of nitrogens with zero attached hydrogens (tertiary/aromatic N) is 4. The van der Waals surface area contributed by atoms with Crippen molar-refractivity contribution < 1.29 is 4.79 Å². The molecule has 0 radical (unpaired) electrons. The van der Waals surface area contributed by atoms with Crippen LogP contribution in [-0.4, -0.2) is 34.4 Å². The topological polar surface area (TPSA) is 81.9 Å². The molecule has 1 aromatic carbocycles. The summed E-state index contributed by atoms with van der Waals surface area (Å²) in [5.41, 5.74) is 2.45. The van der Waals surface area contributed by atoms with Crippen LogP contribution in [0.3, 0.4) is 0 Å². The molecule has 6 heteroatoms. The molecule has 134 valence electrons. The number of benzene rings is 1. The highest BCUT2D eigenvalue weighted by molar-refractivity contribution is 5.86. The number of anilines is 1. The van der Waals surface area contributed by atoms with Gasteiger partial charge in [0, 0.05) is 43.7 Å². The minimum absolute atomic E-state index is 0.00361. The monoisotopic (exact) mass is 357 g/mol. The summed E-state index contributed by atoms with van der Waals surface area (Å²) in [6.07, 6.45) is 3.98. The second kappa shape index (κ2) is 7.04. The Morgan fingerprint density at radius 2 is 2.04 bits per heavy atom. The maximum atomic E-state index is 12.3. The van der Waals surface area contributed by atoms with Gasteiger partial charge in [-0.05, 0) is 29.8 Å². The molecule has 1 aliphatic rings. The number of carbonyl (C=O) groups excluding carboxylic acids is 1. The Hall–Kier alpha value is -3.46. The van der Waals surface area contributed by atoms with Crippen LogP contribution in [0, 0.1) is 17.2 Å². The summed E-state index contributed by atoms with van der Waals surface area (Å²) in [5, 5.41) is 13.6. The van der Waals surface area contributed by atoms with E-state index in [0.29, 0.717) is 24.3 Å². The van der Waals surface area contributed by atoms with E-state index in [1.807, 2.05) is 43.4 Å². The molecule has 0 bridgehead atoms. The molecule has 2 atom stereocenters. The van der Waals surface area contributed by atoms with Crippen LogP contribution in [0.1, 0.15) is 23.6 Å². The molecule has 1 amide bonds. The van der Waals surface area contributed by atoms with E-state index in [9.17, 15) is 10.1 Å². The number of nitrogens with one attached hydrogen (secondary N) is 1. The van der Waals surface area contributed by atoms with Crippen LogP contribution in [0.4, 0.5) is 5.82 Å². The zero-order valence-electron chi connectivity index (χ0n) is 15.0. The van der Waals surface area contributed by atoms with Gasteiger partial charge >= 0.3 is 0 Å². The average Bonchev–Trinajstić information content (AvgIpc) is 3.00. The maximum absolute atomic E-state index is 12.3. The second-order valence-corrected chi connectivity index (χ2v) is 6.76. The van der Waals surface area contributed by atoms with Crippen molar-refractivity contribution in [2.75, 3.05) is 18.9 Å². The number of pyridine rings is 2. The molecule has 3 aromatic rings. The third-order valence-electron chi connectivity index (χ3n) is 5.12. The predicted molar refractivity (Wildman–Crippen MR) is 103 cm³/mol.